The molecule has 2 heterocycles. The Balaban J connectivity index is 1.88. The van der Waals surface area contributed by atoms with Crippen molar-refractivity contribution in [2.24, 2.45) is 0 Å². The number of ether oxygens (including phenoxy) is 1. The van der Waals surface area contributed by atoms with E-state index in [0.717, 1.165) is 10.4 Å². The van der Waals surface area contributed by atoms with Crippen LogP contribution >= 0.6 is 23.6 Å². The lowest BCUT2D eigenvalue weighted by atomic mass is 10.3. The Morgan fingerprint density at radius 2 is 2.12 bits per heavy atom. The van der Waals surface area contributed by atoms with Gasteiger partial charge in [-0.1, -0.05) is 18.2 Å². The van der Waals surface area contributed by atoms with Crippen molar-refractivity contribution in [3.63, 3.8) is 0 Å². The highest BCUT2D eigenvalue weighted by Crippen LogP contribution is 2.21. The molecule has 3 nitrogen and oxygen atoms in total. The first kappa shape index (κ1) is 10.4. The molecule has 0 aliphatic carbocycles. The van der Waals surface area contributed by atoms with Crippen molar-refractivity contribution in [2.45, 2.75) is 0 Å². The topological polar surface area (TPSA) is 35.3 Å². The van der Waals surface area contributed by atoms with Crippen LogP contribution in [0, 0.1) is 0 Å². The molecule has 0 fully saturated rings. The first-order chi connectivity index (χ1) is 8.33. The normalized spacial score (nSPS) is 10.6. The monoisotopic (exact) mass is 261 g/mol. The van der Waals surface area contributed by atoms with E-state index >= 15 is 0 Å². The Kier molecular flexibility index (Phi) is 2.62. The molecule has 3 rings (SSSR count). The molecule has 0 saturated carbocycles. The number of oxazole rings is 1. The largest absolute Gasteiger partial charge is 0.409 e. The maximum atomic E-state index is 5.42. The molecule has 0 saturated heterocycles. The van der Waals surface area contributed by atoms with Crippen molar-refractivity contribution in [1.82, 2.24) is 4.98 Å². The highest BCUT2D eigenvalue weighted by atomic mass is 32.1. The number of hydrogen-bond acceptors (Lipinski definition) is 5. The van der Waals surface area contributed by atoms with Crippen molar-refractivity contribution >= 4 is 39.7 Å². The SMILES string of the molecule is S=C(Oc1nc2ccccc2o1)c1cccs1. The van der Waals surface area contributed by atoms with Crippen LogP contribution in [0.4, 0.5) is 0 Å². The second kappa shape index (κ2) is 4.27. The molecule has 0 aliphatic rings. The smallest absolute Gasteiger partial charge is 0.401 e. The molecule has 17 heavy (non-hydrogen) atoms. The lowest BCUT2D eigenvalue weighted by molar-refractivity contribution is 0.388. The third-order valence-electron chi connectivity index (χ3n) is 2.18. The maximum absolute atomic E-state index is 5.42. The van der Waals surface area contributed by atoms with Gasteiger partial charge in [0.15, 0.2) is 5.58 Å². The lowest BCUT2D eigenvalue weighted by Gasteiger charge is -1.98. The Hall–Kier alpha value is -1.72. The van der Waals surface area contributed by atoms with E-state index in [4.69, 9.17) is 21.4 Å². The number of nitrogens with zero attached hydrogens (tertiary/aromatic N) is 1. The molecular weight excluding hydrogens is 254 g/mol. The predicted octanol–water partition coefficient (Wildman–Crippen LogP) is 3.64. The van der Waals surface area contributed by atoms with Crippen LogP contribution in [0.15, 0.2) is 46.2 Å². The van der Waals surface area contributed by atoms with Crippen LogP contribution in [0.1, 0.15) is 4.88 Å². The molecule has 0 unspecified atom stereocenters. The predicted molar refractivity (Wildman–Crippen MR) is 70.7 cm³/mol. The zero-order valence-electron chi connectivity index (χ0n) is 8.62. The summed E-state index contributed by atoms with van der Waals surface area (Å²) < 4.78 is 10.8. The van der Waals surface area contributed by atoms with Crippen LogP contribution < -0.4 is 4.74 Å². The average Bonchev–Trinajstić information content (AvgIpc) is 2.97. The summed E-state index contributed by atoms with van der Waals surface area (Å²) in [6, 6.07) is 11.3. The number of benzene rings is 1. The summed E-state index contributed by atoms with van der Waals surface area (Å²) in [6.07, 6.45) is 0.185. The van der Waals surface area contributed by atoms with Gasteiger partial charge in [0.2, 0.25) is 5.05 Å². The number of thiophene rings is 1. The molecule has 0 N–H and O–H groups in total. The Bertz CT molecular complexity index is 625. The number of aromatic nitrogens is 1. The van der Waals surface area contributed by atoms with Gasteiger partial charge in [-0.3, -0.25) is 0 Å². The van der Waals surface area contributed by atoms with E-state index in [0.29, 0.717) is 10.6 Å². The Morgan fingerprint density at radius 1 is 1.24 bits per heavy atom. The molecular formula is C12H7NO2S2. The van der Waals surface area contributed by atoms with Crippen LogP contribution in [0.25, 0.3) is 11.1 Å². The highest BCUT2D eigenvalue weighted by Gasteiger charge is 2.10. The van der Waals surface area contributed by atoms with Crippen molar-refractivity contribution in [2.75, 3.05) is 0 Å². The summed E-state index contributed by atoms with van der Waals surface area (Å²) in [4.78, 5) is 5.08. The Morgan fingerprint density at radius 3 is 2.88 bits per heavy atom. The molecule has 0 aliphatic heterocycles. The van der Waals surface area contributed by atoms with Crippen LogP contribution in [0.5, 0.6) is 6.08 Å². The lowest BCUT2D eigenvalue weighted by Crippen LogP contribution is -2.04. The first-order valence-electron chi connectivity index (χ1n) is 4.94. The van der Waals surface area contributed by atoms with E-state index in [1.54, 1.807) is 0 Å². The second-order valence-corrected chi connectivity index (χ2v) is 4.63. The summed E-state index contributed by atoms with van der Waals surface area (Å²) in [6.45, 7) is 0. The van der Waals surface area contributed by atoms with E-state index in [9.17, 15) is 0 Å². The summed E-state index contributed by atoms with van der Waals surface area (Å²) in [7, 11) is 0. The van der Waals surface area contributed by atoms with Crippen molar-refractivity contribution in [3.8, 4) is 6.08 Å². The molecule has 2 aromatic heterocycles. The zero-order chi connectivity index (χ0) is 11.7. The van der Waals surface area contributed by atoms with Gasteiger partial charge < -0.3 is 9.15 Å². The van der Waals surface area contributed by atoms with Gasteiger partial charge in [0.25, 0.3) is 0 Å². The van der Waals surface area contributed by atoms with Gasteiger partial charge in [0, 0.05) is 0 Å². The maximum Gasteiger partial charge on any atom is 0.401 e. The third kappa shape index (κ3) is 2.07. The van der Waals surface area contributed by atoms with Gasteiger partial charge in [-0.05, 0) is 35.8 Å². The van der Waals surface area contributed by atoms with E-state index < -0.39 is 0 Å². The quantitative estimate of drug-likeness (QED) is 0.660. The minimum absolute atomic E-state index is 0.185. The van der Waals surface area contributed by atoms with E-state index in [1.807, 2.05) is 41.8 Å². The first-order valence-corrected chi connectivity index (χ1v) is 6.23. The van der Waals surface area contributed by atoms with Crippen molar-refractivity contribution in [1.29, 1.82) is 0 Å². The minimum atomic E-state index is 0.185. The van der Waals surface area contributed by atoms with Crippen LogP contribution in [0.2, 0.25) is 0 Å². The van der Waals surface area contributed by atoms with E-state index in [2.05, 4.69) is 4.98 Å². The third-order valence-corrected chi connectivity index (χ3v) is 3.48. The van der Waals surface area contributed by atoms with E-state index in [1.165, 1.54) is 11.3 Å². The molecule has 84 valence electrons. The van der Waals surface area contributed by atoms with Gasteiger partial charge in [-0.15, -0.1) is 11.3 Å². The summed E-state index contributed by atoms with van der Waals surface area (Å²) >= 11 is 6.67. The van der Waals surface area contributed by atoms with Gasteiger partial charge in [0.1, 0.15) is 5.52 Å². The fourth-order valence-electron chi connectivity index (χ4n) is 1.42. The minimum Gasteiger partial charge on any atom is -0.409 e. The molecule has 5 heteroatoms. The molecule has 0 spiro atoms. The average molecular weight is 261 g/mol. The van der Waals surface area contributed by atoms with Gasteiger partial charge in [-0.2, -0.15) is 4.98 Å². The van der Waals surface area contributed by atoms with E-state index in [-0.39, 0.29) is 6.08 Å². The van der Waals surface area contributed by atoms with Crippen molar-refractivity contribution in [3.05, 3.63) is 46.7 Å². The standard InChI is InChI=1S/C12H7NO2S2/c16-11(10-6-3-7-17-10)15-12-13-8-4-1-2-5-9(8)14-12/h1-7H. The van der Waals surface area contributed by atoms with Gasteiger partial charge in [-0.25, -0.2) is 0 Å². The van der Waals surface area contributed by atoms with Crippen molar-refractivity contribution < 1.29 is 9.15 Å². The molecule has 0 bridgehead atoms. The van der Waals surface area contributed by atoms with Gasteiger partial charge >= 0.3 is 6.08 Å². The fraction of sp³-hybridized carbons (Fsp3) is 0. The van der Waals surface area contributed by atoms with Crippen LogP contribution in [0.3, 0.4) is 0 Å². The number of rotatable bonds is 2. The molecule has 3 aromatic rings. The van der Waals surface area contributed by atoms with Crippen LogP contribution in [-0.2, 0) is 0 Å². The zero-order valence-corrected chi connectivity index (χ0v) is 10.3. The fourth-order valence-corrected chi connectivity index (χ4v) is 2.30. The van der Waals surface area contributed by atoms with Crippen LogP contribution in [-0.4, -0.2) is 10.0 Å². The molecule has 1 aromatic carbocycles. The molecule has 0 atom stereocenters. The summed E-state index contributed by atoms with van der Waals surface area (Å²) in [5.74, 6) is 0. The number of thiocarbonyl (C=S) groups is 1. The Labute approximate surface area is 107 Å². The number of para-hydroxylation sites is 2. The second-order valence-electron chi connectivity index (χ2n) is 3.31. The highest BCUT2D eigenvalue weighted by molar-refractivity contribution is 7.80. The summed E-state index contributed by atoms with van der Waals surface area (Å²) in [5, 5.41) is 2.32. The summed E-state index contributed by atoms with van der Waals surface area (Å²) in [5.41, 5.74) is 1.45. The molecule has 0 amide bonds. The van der Waals surface area contributed by atoms with Gasteiger partial charge in [0.05, 0.1) is 4.88 Å². The number of fused-ring (bicyclic) bond motifs is 1. The molecule has 0 radical (unpaired) electrons. The number of hydrogen-bond donors (Lipinski definition) is 0.